The second kappa shape index (κ2) is 7.07. The van der Waals surface area contributed by atoms with Crippen molar-refractivity contribution in [3.05, 3.63) is 66.7 Å². The summed E-state index contributed by atoms with van der Waals surface area (Å²) in [5.41, 5.74) is 2.59. The minimum Gasteiger partial charge on any atom is -0.313 e. The zero-order valence-electron chi connectivity index (χ0n) is 10.5. The van der Waals surface area contributed by atoms with E-state index in [1.54, 1.807) is 0 Å². The van der Waals surface area contributed by atoms with E-state index in [1.165, 1.54) is 14.7 Å². The second-order valence-corrected chi connectivity index (χ2v) is 6.85. The van der Waals surface area contributed by atoms with E-state index in [0.717, 1.165) is 15.9 Å². The van der Waals surface area contributed by atoms with Crippen LogP contribution in [0.4, 0.5) is 0 Å². The van der Waals surface area contributed by atoms with Gasteiger partial charge in [0.1, 0.15) is 0 Å². The van der Waals surface area contributed by atoms with Crippen molar-refractivity contribution in [2.45, 2.75) is 12.5 Å². The van der Waals surface area contributed by atoms with Gasteiger partial charge in [-0.25, -0.2) is 0 Å². The number of rotatable bonds is 4. The molecular formula is C15H14BrClIN. The molecule has 0 saturated heterocycles. The maximum atomic E-state index is 5.92. The van der Waals surface area contributed by atoms with Crippen LogP contribution in [-0.2, 0) is 6.42 Å². The van der Waals surface area contributed by atoms with Crippen molar-refractivity contribution in [1.82, 2.24) is 5.32 Å². The van der Waals surface area contributed by atoms with Crippen LogP contribution in [0.15, 0.2) is 46.9 Å². The minimum atomic E-state index is 0.297. The fourth-order valence-corrected chi connectivity index (χ4v) is 3.22. The van der Waals surface area contributed by atoms with Gasteiger partial charge in [-0.3, -0.25) is 0 Å². The van der Waals surface area contributed by atoms with Crippen molar-refractivity contribution in [3.8, 4) is 0 Å². The molecule has 1 N–H and O–H groups in total. The summed E-state index contributed by atoms with van der Waals surface area (Å²) in [6, 6.07) is 14.7. The van der Waals surface area contributed by atoms with Gasteiger partial charge in [-0.05, 0) is 77.5 Å². The molecule has 1 nitrogen and oxygen atoms in total. The Labute approximate surface area is 141 Å². The van der Waals surface area contributed by atoms with E-state index in [0.29, 0.717) is 6.04 Å². The van der Waals surface area contributed by atoms with Crippen LogP contribution in [0.25, 0.3) is 0 Å². The van der Waals surface area contributed by atoms with E-state index in [9.17, 15) is 0 Å². The SMILES string of the molecule is CNC(Cc1ccc(Cl)cc1)c1cc(Br)ccc1I. The molecule has 2 aromatic carbocycles. The molecule has 0 amide bonds. The zero-order chi connectivity index (χ0) is 13.8. The molecule has 0 spiro atoms. The summed E-state index contributed by atoms with van der Waals surface area (Å²) in [5.74, 6) is 0. The van der Waals surface area contributed by atoms with Gasteiger partial charge in [0.25, 0.3) is 0 Å². The normalized spacial score (nSPS) is 12.4. The van der Waals surface area contributed by atoms with Crippen LogP contribution < -0.4 is 5.32 Å². The average Bonchev–Trinajstić information content (AvgIpc) is 2.41. The first-order valence-electron chi connectivity index (χ1n) is 5.97. The Balaban J connectivity index is 2.24. The topological polar surface area (TPSA) is 12.0 Å². The van der Waals surface area contributed by atoms with Crippen molar-refractivity contribution in [2.75, 3.05) is 7.05 Å². The van der Waals surface area contributed by atoms with Crippen LogP contribution in [0.2, 0.25) is 5.02 Å². The molecule has 0 aliphatic carbocycles. The third-order valence-electron chi connectivity index (χ3n) is 3.04. The summed E-state index contributed by atoms with van der Waals surface area (Å²) in [6.07, 6.45) is 0.945. The lowest BCUT2D eigenvalue weighted by atomic mass is 9.99. The molecule has 0 saturated carbocycles. The Bertz CT molecular complexity index is 557. The quantitative estimate of drug-likeness (QED) is 0.631. The van der Waals surface area contributed by atoms with Crippen LogP contribution in [-0.4, -0.2) is 7.05 Å². The van der Waals surface area contributed by atoms with Gasteiger partial charge >= 0.3 is 0 Å². The highest BCUT2D eigenvalue weighted by molar-refractivity contribution is 14.1. The minimum absolute atomic E-state index is 0.297. The molecule has 0 aliphatic heterocycles. The molecule has 0 aliphatic rings. The predicted molar refractivity (Wildman–Crippen MR) is 93.8 cm³/mol. The first kappa shape index (κ1) is 15.3. The molecule has 1 atom stereocenters. The smallest absolute Gasteiger partial charge is 0.0406 e. The van der Waals surface area contributed by atoms with E-state index in [-0.39, 0.29) is 0 Å². The third kappa shape index (κ3) is 4.18. The van der Waals surface area contributed by atoms with Crippen LogP contribution in [0.5, 0.6) is 0 Å². The van der Waals surface area contributed by atoms with E-state index in [1.807, 2.05) is 19.2 Å². The molecule has 1 unspecified atom stereocenters. The summed E-state index contributed by atoms with van der Waals surface area (Å²) >= 11 is 11.8. The van der Waals surface area contributed by atoms with Crippen LogP contribution in [0.1, 0.15) is 17.2 Å². The van der Waals surface area contributed by atoms with E-state index >= 15 is 0 Å². The summed E-state index contributed by atoms with van der Waals surface area (Å²) < 4.78 is 2.38. The number of nitrogens with one attached hydrogen (secondary N) is 1. The molecule has 4 heteroatoms. The van der Waals surface area contributed by atoms with Gasteiger partial charge in [0.05, 0.1) is 0 Å². The number of hydrogen-bond acceptors (Lipinski definition) is 1. The van der Waals surface area contributed by atoms with Crippen molar-refractivity contribution >= 4 is 50.1 Å². The highest BCUT2D eigenvalue weighted by Gasteiger charge is 2.13. The fraction of sp³-hybridized carbons (Fsp3) is 0.200. The monoisotopic (exact) mass is 449 g/mol. The van der Waals surface area contributed by atoms with Crippen molar-refractivity contribution in [3.63, 3.8) is 0 Å². The van der Waals surface area contributed by atoms with Gasteiger partial charge in [0.2, 0.25) is 0 Å². The van der Waals surface area contributed by atoms with Gasteiger partial charge in [-0.15, -0.1) is 0 Å². The molecule has 0 fully saturated rings. The third-order valence-corrected chi connectivity index (χ3v) is 4.76. The Morgan fingerprint density at radius 2 is 1.89 bits per heavy atom. The van der Waals surface area contributed by atoms with Gasteiger partial charge in [-0.2, -0.15) is 0 Å². The molecule has 0 bridgehead atoms. The number of likely N-dealkylation sites (N-methyl/N-ethyl adjacent to an activating group) is 1. The largest absolute Gasteiger partial charge is 0.313 e. The molecule has 2 aromatic rings. The molecule has 0 radical (unpaired) electrons. The lowest BCUT2D eigenvalue weighted by Gasteiger charge is -2.19. The molecular weight excluding hydrogens is 436 g/mol. The number of halogens is 3. The second-order valence-electron chi connectivity index (χ2n) is 4.34. The lowest BCUT2D eigenvalue weighted by Crippen LogP contribution is -2.19. The molecule has 0 heterocycles. The predicted octanol–water partition coefficient (Wildman–Crippen LogP) is 5.21. The highest BCUT2D eigenvalue weighted by atomic mass is 127. The molecule has 0 aromatic heterocycles. The van der Waals surface area contributed by atoms with Gasteiger partial charge in [0, 0.05) is 19.1 Å². The standard InChI is InChI=1S/C15H14BrClIN/c1-19-15(8-10-2-5-12(17)6-3-10)13-9-11(16)4-7-14(13)18/h2-7,9,15,19H,8H2,1H3. The summed E-state index contributed by atoms with van der Waals surface area (Å²) in [7, 11) is 2.00. The molecule has 19 heavy (non-hydrogen) atoms. The lowest BCUT2D eigenvalue weighted by molar-refractivity contribution is 0.589. The average molecular weight is 451 g/mol. The summed E-state index contributed by atoms with van der Waals surface area (Å²) in [6.45, 7) is 0. The number of hydrogen-bond donors (Lipinski definition) is 1. The first-order valence-corrected chi connectivity index (χ1v) is 8.22. The van der Waals surface area contributed by atoms with Crippen molar-refractivity contribution in [2.24, 2.45) is 0 Å². The van der Waals surface area contributed by atoms with Gasteiger partial charge in [-0.1, -0.05) is 39.7 Å². The Hall–Kier alpha value is -0.100. The highest BCUT2D eigenvalue weighted by Crippen LogP contribution is 2.26. The van der Waals surface area contributed by atoms with Gasteiger partial charge < -0.3 is 5.32 Å². The van der Waals surface area contributed by atoms with E-state index < -0.39 is 0 Å². The van der Waals surface area contributed by atoms with Crippen molar-refractivity contribution < 1.29 is 0 Å². The molecule has 2 rings (SSSR count). The Morgan fingerprint density at radius 1 is 1.21 bits per heavy atom. The number of benzene rings is 2. The Morgan fingerprint density at radius 3 is 2.53 bits per heavy atom. The van der Waals surface area contributed by atoms with E-state index in [4.69, 9.17) is 11.6 Å². The summed E-state index contributed by atoms with van der Waals surface area (Å²) in [5, 5.41) is 4.17. The maximum absolute atomic E-state index is 5.92. The maximum Gasteiger partial charge on any atom is 0.0406 e. The van der Waals surface area contributed by atoms with Crippen LogP contribution >= 0.6 is 50.1 Å². The van der Waals surface area contributed by atoms with E-state index in [2.05, 4.69) is 74.2 Å². The summed E-state index contributed by atoms with van der Waals surface area (Å²) in [4.78, 5) is 0. The van der Waals surface area contributed by atoms with Crippen molar-refractivity contribution in [1.29, 1.82) is 0 Å². The van der Waals surface area contributed by atoms with Gasteiger partial charge in [0.15, 0.2) is 0 Å². The molecule has 100 valence electrons. The fourth-order valence-electron chi connectivity index (χ4n) is 2.01. The van der Waals surface area contributed by atoms with Crippen LogP contribution in [0, 0.1) is 3.57 Å². The first-order chi connectivity index (χ1) is 9.10. The van der Waals surface area contributed by atoms with Crippen LogP contribution in [0.3, 0.4) is 0 Å². The Kier molecular flexibility index (Phi) is 5.69. The zero-order valence-corrected chi connectivity index (χ0v) is 15.0.